The van der Waals surface area contributed by atoms with E-state index in [9.17, 15) is 13.9 Å². The number of nitrogens with two attached hydrogens (primary N) is 1. The Labute approximate surface area is 85.3 Å². The van der Waals surface area contributed by atoms with E-state index in [2.05, 4.69) is 0 Å². The molecule has 0 aliphatic heterocycles. The van der Waals surface area contributed by atoms with Gasteiger partial charge < -0.3 is 10.8 Å². The van der Waals surface area contributed by atoms with Crippen LogP contribution in [0.25, 0.3) is 0 Å². The van der Waals surface area contributed by atoms with Gasteiger partial charge in [0, 0.05) is 0 Å². The summed E-state index contributed by atoms with van der Waals surface area (Å²) < 4.78 is 25.9. The molecule has 0 fully saturated rings. The lowest BCUT2D eigenvalue weighted by Crippen LogP contribution is -2.07. The number of halogens is 3. The SMILES string of the molecule is NCCC(O)c1cc(F)c(Cl)c(F)c1. The van der Waals surface area contributed by atoms with Gasteiger partial charge in [0.2, 0.25) is 0 Å². The van der Waals surface area contributed by atoms with Crippen LogP contribution in [0.5, 0.6) is 0 Å². The van der Waals surface area contributed by atoms with E-state index in [0.717, 1.165) is 12.1 Å². The summed E-state index contributed by atoms with van der Waals surface area (Å²) in [6.45, 7) is 0.243. The van der Waals surface area contributed by atoms with Crippen LogP contribution in [-0.4, -0.2) is 11.7 Å². The molecule has 0 radical (unpaired) electrons. The van der Waals surface area contributed by atoms with Crippen LogP contribution in [0.1, 0.15) is 18.1 Å². The van der Waals surface area contributed by atoms with Gasteiger partial charge in [-0.15, -0.1) is 0 Å². The van der Waals surface area contributed by atoms with E-state index in [-0.39, 0.29) is 18.5 Å². The Morgan fingerprint density at radius 2 is 1.86 bits per heavy atom. The van der Waals surface area contributed by atoms with Crippen molar-refractivity contribution in [2.24, 2.45) is 5.73 Å². The fourth-order valence-corrected chi connectivity index (χ4v) is 1.20. The number of aliphatic hydroxyl groups is 1. The third-order valence-corrected chi connectivity index (χ3v) is 2.19. The summed E-state index contributed by atoms with van der Waals surface area (Å²) in [7, 11) is 0. The average Bonchev–Trinajstić information content (AvgIpc) is 2.13. The molecule has 1 aromatic rings. The number of rotatable bonds is 3. The van der Waals surface area contributed by atoms with E-state index < -0.39 is 22.8 Å². The van der Waals surface area contributed by atoms with Crippen LogP contribution in [0.4, 0.5) is 8.78 Å². The molecule has 0 saturated heterocycles. The molecule has 3 N–H and O–H groups in total. The minimum atomic E-state index is -0.957. The van der Waals surface area contributed by atoms with Crippen molar-refractivity contribution in [1.29, 1.82) is 0 Å². The van der Waals surface area contributed by atoms with Crippen molar-refractivity contribution < 1.29 is 13.9 Å². The summed E-state index contributed by atoms with van der Waals surface area (Å²) in [6, 6.07) is 2.01. The molecule has 0 saturated carbocycles. The molecule has 5 heteroatoms. The minimum absolute atomic E-state index is 0.148. The summed E-state index contributed by atoms with van der Waals surface area (Å²) in [5.74, 6) is -1.75. The van der Waals surface area contributed by atoms with E-state index in [4.69, 9.17) is 17.3 Å². The topological polar surface area (TPSA) is 46.2 Å². The Morgan fingerprint density at radius 3 is 2.29 bits per heavy atom. The average molecular weight is 222 g/mol. The van der Waals surface area contributed by atoms with E-state index >= 15 is 0 Å². The van der Waals surface area contributed by atoms with E-state index in [0.29, 0.717) is 0 Å². The largest absolute Gasteiger partial charge is 0.388 e. The second-order valence-electron chi connectivity index (χ2n) is 2.89. The van der Waals surface area contributed by atoms with Crippen molar-refractivity contribution in [3.05, 3.63) is 34.4 Å². The van der Waals surface area contributed by atoms with E-state index in [1.54, 1.807) is 0 Å². The molecule has 1 atom stereocenters. The zero-order valence-corrected chi connectivity index (χ0v) is 8.06. The summed E-state index contributed by atoms with van der Waals surface area (Å²) in [5, 5.41) is 8.84. The zero-order valence-electron chi connectivity index (χ0n) is 7.30. The molecular formula is C9H10ClF2NO. The normalized spacial score (nSPS) is 12.9. The quantitative estimate of drug-likeness (QED) is 0.767. The zero-order chi connectivity index (χ0) is 10.7. The van der Waals surface area contributed by atoms with Crippen LogP contribution in [0.15, 0.2) is 12.1 Å². The van der Waals surface area contributed by atoms with Crippen LogP contribution in [0.3, 0.4) is 0 Å². The predicted octanol–water partition coefficient (Wildman–Crippen LogP) is 2.00. The Morgan fingerprint density at radius 1 is 1.36 bits per heavy atom. The molecule has 0 aromatic heterocycles. The van der Waals surface area contributed by atoms with Gasteiger partial charge in [-0.1, -0.05) is 11.6 Å². The van der Waals surface area contributed by atoms with Gasteiger partial charge in [0.05, 0.1) is 6.10 Å². The maximum atomic E-state index is 12.9. The van der Waals surface area contributed by atoms with Crippen molar-refractivity contribution in [2.45, 2.75) is 12.5 Å². The Kier molecular flexibility index (Phi) is 3.80. The first-order valence-corrected chi connectivity index (χ1v) is 4.46. The standard InChI is InChI=1S/C9H10ClF2NO/c10-9-6(11)3-5(4-7(9)12)8(14)1-2-13/h3-4,8,14H,1-2,13H2. The number of hydrogen-bond donors (Lipinski definition) is 2. The highest BCUT2D eigenvalue weighted by Crippen LogP contribution is 2.24. The second-order valence-corrected chi connectivity index (χ2v) is 3.27. The molecule has 2 nitrogen and oxygen atoms in total. The predicted molar refractivity (Wildman–Crippen MR) is 50.0 cm³/mol. The van der Waals surface area contributed by atoms with Crippen LogP contribution in [0.2, 0.25) is 5.02 Å². The molecule has 0 aliphatic carbocycles. The first kappa shape index (κ1) is 11.4. The van der Waals surface area contributed by atoms with Gasteiger partial charge in [-0.05, 0) is 30.7 Å². The van der Waals surface area contributed by atoms with Crippen molar-refractivity contribution in [3.63, 3.8) is 0 Å². The Hall–Kier alpha value is -0.710. The molecule has 78 valence electrons. The Bertz CT molecular complexity index is 310. The molecule has 0 aliphatic rings. The van der Waals surface area contributed by atoms with Crippen LogP contribution >= 0.6 is 11.6 Å². The summed E-state index contributed by atoms with van der Waals surface area (Å²) in [4.78, 5) is 0. The highest BCUT2D eigenvalue weighted by atomic mass is 35.5. The van der Waals surface area contributed by atoms with Gasteiger partial charge in [-0.3, -0.25) is 0 Å². The maximum Gasteiger partial charge on any atom is 0.145 e. The molecule has 0 spiro atoms. The van der Waals surface area contributed by atoms with Gasteiger partial charge in [-0.2, -0.15) is 0 Å². The highest BCUT2D eigenvalue weighted by Gasteiger charge is 2.13. The van der Waals surface area contributed by atoms with Crippen molar-refractivity contribution in [2.75, 3.05) is 6.54 Å². The molecule has 0 amide bonds. The third-order valence-electron chi connectivity index (χ3n) is 1.83. The summed E-state index contributed by atoms with van der Waals surface area (Å²) in [6.07, 6.45) is -0.707. The van der Waals surface area contributed by atoms with Gasteiger partial charge in [0.25, 0.3) is 0 Å². The lowest BCUT2D eigenvalue weighted by Gasteiger charge is -2.10. The van der Waals surface area contributed by atoms with Crippen LogP contribution in [-0.2, 0) is 0 Å². The van der Waals surface area contributed by atoms with Crippen molar-refractivity contribution in [1.82, 2.24) is 0 Å². The molecule has 1 unspecified atom stereocenters. The van der Waals surface area contributed by atoms with Gasteiger partial charge in [-0.25, -0.2) is 8.78 Å². The molecule has 1 rings (SSSR count). The van der Waals surface area contributed by atoms with Gasteiger partial charge in [0.1, 0.15) is 16.7 Å². The lowest BCUT2D eigenvalue weighted by molar-refractivity contribution is 0.169. The summed E-state index contributed by atoms with van der Waals surface area (Å²) in [5.41, 5.74) is 5.35. The summed E-state index contributed by atoms with van der Waals surface area (Å²) >= 11 is 5.28. The fourth-order valence-electron chi connectivity index (χ4n) is 1.09. The second kappa shape index (κ2) is 4.68. The highest BCUT2D eigenvalue weighted by molar-refractivity contribution is 6.30. The number of aliphatic hydroxyl groups excluding tert-OH is 1. The smallest absolute Gasteiger partial charge is 0.145 e. The van der Waals surface area contributed by atoms with Crippen molar-refractivity contribution >= 4 is 11.6 Å². The van der Waals surface area contributed by atoms with Crippen LogP contribution < -0.4 is 5.73 Å². The number of benzene rings is 1. The lowest BCUT2D eigenvalue weighted by atomic mass is 10.1. The molecule has 1 aromatic carbocycles. The van der Waals surface area contributed by atoms with Crippen LogP contribution in [0, 0.1) is 11.6 Å². The van der Waals surface area contributed by atoms with Gasteiger partial charge >= 0.3 is 0 Å². The maximum absolute atomic E-state index is 12.9. The molecule has 0 heterocycles. The Balaban J connectivity index is 3.00. The number of hydrogen-bond acceptors (Lipinski definition) is 2. The monoisotopic (exact) mass is 221 g/mol. The fraction of sp³-hybridized carbons (Fsp3) is 0.333. The van der Waals surface area contributed by atoms with Crippen molar-refractivity contribution in [3.8, 4) is 0 Å². The molecular weight excluding hydrogens is 212 g/mol. The first-order chi connectivity index (χ1) is 6.56. The third kappa shape index (κ3) is 2.41. The van der Waals surface area contributed by atoms with E-state index in [1.165, 1.54) is 0 Å². The van der Waals surface area contributed by atoms with Gasteiger partial charge in [0.15, 0.2) is 0 Å². The molecule has 0 bridgehead atoms. The molecule has 14 heavy (non-hydrogen) atoms. The minimum Gasteiger partial charge on any atom is -0.388 e. The van der Waals surface area contributed by atoms with E-state index in [1.807, 2.05) is 0 Å². The first-order valence-electron chi connectivity index (χ1n) is 4.09.